The monoisotopic (exact) mass is 354 g/mol. The van der Waals surface area contributed by atoms with Crippen molar-refractivity contribution in [2.24, 2.45) is 0 Å². The Bertz CT molecular complexity index is 717. The van der Waals surface area contributed by atoms with E-state index in [9.17, 15) is 13.6 Å². The Hall–Kier alpha value is -2.16. The molecule has 0 spiro atoms. The maximum atomic E-state index is 12.1. The van der Waals surface area contributed by atoms with Crippen LogP contribution in [0, 0.1) is 6.92 Å². The Balaban J connectivity index is 1.52. The molecule has 3 rings (SSSR count). The molecule has 1 aromatic carbocycles. The van der Waals surface area contributed by atoms with Gasteiger partial charge in [0.2, 0.25) is 5.91 Å². The molecule has 2 aromatic rings. The van der Waals surface area contributed by atoms with E-state index in [4.69, 9.17) is 0 Å². The van der Waals surface area contributed by atoms with Gasteiger partial charge >= 0.3 is 6.61 Å². The molecule has 128 valence electrons. The van der Waals surface area contributed by atoms with Gasteiger partial charge in [-0.25, -0.2) is 0 Å². The number of nitrogens with one attached hydrogen (secondary N) is 1. The lowest BCUT2D eigenvalue weighted by molar-refractivity contribution is -0.113. The summed E-state index contributed by atoms with van der Waals surface area (Å²) in [7, 11) is 0. The molecule has 6 nitrogen and oxygen atoms in total. The fourth-order valence-corrected chi connectivity index (χ4v) is 3.10. The summed E-state index contributed by atoms with van der Waals surface area (Å²) < 4.78 is 30.5. The van der Waals surface area contributed by atoms with Crippen LogP contribution in [0.1, 0.15) is 24.7 Å². The van der Waals surface area contributed by atoms with Gasteiger partial charge in [0, 0.05) is 11.7 Å². The molecule has 1 aliphatic carbocycles. The van der Waals surface area contributed by atoms with Gasteiger partial charge in [0.25, 0.3) is 0 Å². The van der Waals surface area contributed by atoms with Gasteiger partial charge < -0.3 is 14.6 Å². The summed E-state index contributed by atoms with van der Waals surface area (Å²) in [5.41, 5.74) is 0.516. The number of rotatable bonds is 7. The topological polar surface area (TPSA) is 69.0 Å². The maximum Gasteiger partial charge on any atom is 0.387 e. The second-order valence-corrected chi connectivity index (χ2v) is 6.31. The van der Waals surface area contributed by atoms with Crippen LogP contribution in [0.4, 0.5) is 14.5 Å². The van der Waals surface area contributed by atoms with Crippen molar-refractivity contribution in [3.8, 4) is 5.75 Å². The van der Waals surface area contributed by atoms with Crippen molar-refractivity contribution in [3.05, 3.63) is 30.1 Å². The number of aryl methyl sites for hydroxylation is 1. The highest BCUT2D eigenvalue weighted by molar-refractivity contribution is 7.99. The lowest BCUT2D eigenvalue weighted by Crippen LogP contribution is -2.14. The van der Waals surface area contributed by atoms with Crippen LogP contribution in [0.2, 0.25) is 0 Å². The van der Waals surface area contributed by atoms with Crippen LogP contribution in [0.15, 0.2) is 29.4 Å². The average molecular weight is 354 g/mol. The predicted octanol–water partition coefficient (Wildman–Crippen LogP) is 3.25. The minimum atomic E-state index is -2.87. The first-order valence-electron chi connectivity index (χ1n) is 7.42. The first kappa shape index (κ1) is 16.7. The zero-order valence-electron chi connectivity index (χ0n) is 12.9. The number of alkyl halides is 2. The minimum Gasteiger partial charge on any atom is -0.435 e. The zero-order valence-corrected chi connectivity index (χ0v) is 13.7. The Kier molecular flexibility index (Phi) is 4.98. The molecule has 0 bridgehead atoms. The van der Waals surface area contributed by atoms with Crippen molar-refractivity contribution in [3.63, 3.8) is 0 Å². The van der Waals surface area contributed by atoms with E-state index in [0.29, 0.717) is 11.7 Å². The van der Waals surface area contributed by atoms with Crippen molar-refractivity contribution < 1.29 is 18.3 Å². The van der Waals surface area contributed by atoms with Crippen LogP contribution in [0.3, 0.4) is 0 Å². The summed E-state index contributed by atoms with van der Waals surface area (Å²) in [6, 6.07) is 6.23. The Labute approximate surface area is 141 Å². The summed E-state index contributed by atoms with van der Waals surface area (Å²) in [5.74, 6) is 0.895. The summed E-state index contributed by atoms with van der Waals surface area (Å²) >= 11 is 1.33. The van der Waals surface area contributed by atoms with Gasteiger partial charge in [0.05, 0.1) is 5.75 Å². The Morgan fingerprint density at radius 2 is 2.08 bits per heavy atom. The molecule has 1 fully saturated rings. The van der Waals surface area contributed by atoms with E-state index in [1.54, 1.807) is 0 Å². The number of aromatic nitrogens is 3. The molecule has 1 heterocycles. The number of nitrogens with zero attached hydrogens (tertiary/aromatic N) is 3. The third kappa shape index (κ3) is 4.22. The van der Waals surface area contributed by atoms with Crippen LogP contribution >= 0.6 is 11.8 Å². The molecule has 0 saturated heterocycles. The molecular formula is C15H16F2N4O2S. The SMILES string of the molecule is Cc1nnc(SCC(=O)Nc2ccc(OC(F)F)cc2)n1C1CC1. The van der Waals surface area contributed by atoms with E-state index >= 15 is 0 Å². The number of amides is 1. The molecule has 9 heteroatoms. The van der Waals surface area contributed by atoms with Gasteiger partial charge in [0.1, 0.15) is 11.6 Å². The van der Waals surface area contributed by atoms with Gasteiger partial charge in [0.15, 0.2) is 5.16 Å². The molecule has 1 aliphatic rings. The number of carbonyl (C=O) groups is 1. The second kappa shape index (κ2) is 7.16. The highest BCUT2D eigenvalue weighted by Gasteiger charge is 2.28. The van der Waals surface area contributed by atoms with Crippen molar-refractivity contribution in [1.82, 2.24) is 14.8 Å². The van der Waals surface area contributed by atoms with Crippen molar-refractivity contribution in [2.45, 2.75) is 37.6 Å². The number of ether oxygens (including phenoxy) is 1. The number of hydrogen-bond acceptors (Lipinski definition) is 5. The molecule has 0 radical (unpaired) electrons. The van der Waals surface area contributed by atoms with E-state index in [1.807, 2.05) is 6.92 Å². The highest BCUT2D eigenvalue weighted by Crippen LogP contribution is 2.38. The van der Waals surface area contributed by atoms with E-state index in [2.05, 4.69) is 24.8 Å². The number of thioether (sulfide) groups is 1. The van der Waals surface area contributed by atoms with Gasteiger partial charge in [-0.05, 0) is 44.0 Å². The molecule has 0 atom stereocenters. The zero-order chi connectivity index (χ0) is 17.1. The first-order chi connectivity index (χ1) is 11.5. The molecule has 0 unspecified atom stereocenters. The normalized spacial score (nSPS) is 14.0. The van der Waals surface area contributed by atoms with Gasteiger partial charge in [-0.1, -0.05) is 11.8 Å². The molecule has 1 saturated carbocycles. The van der Waals surface area contributed by atoms with Crippen molar-refractivity contribution >= 4 is 23.4 Å². The number of halogens is 2. The van der Waals surface area contributed by atoms with E-state index < -0.39 is 6.61 Å². The number of benzene rings is 1. The largest absolute Gasteiger partial charge is 0.435 e. The Morgan fingerprint density at radius 3 is 2.71 bits per heavy atom. The number of carbonyl (C=O) groups excluding carboxylic acids is 1. The van der Waals surface area contributed by atoms with Gasteiger partial charge in [-0.3, -0.25) is 4.79 Å². The van der Waals surface area contributed by atoms with E-state index in [1.165, 1.54) is 36.0 Å². The summed E-state index contributed by atoms with van der Waals surface area (Å²) in [4.78, 5) is 12.0. The third-order valence-electron chi connectivity index (χ3n) is 3.44. The molecule has 0 aliphatic heterocycles. The van der Waals surface area contributed by atoms with Crippen molar-refractivity contribution in [2.75, 3.05) is 11.1 Å². The lowest BCUT2D eigenvalue weighted by atomic mass is 10.3. The van der Waals surface area contributed by atoms with E-state index in [-0.39, 0.29) is 17.4 Å². The van der Waals surface area contributed by atoms with Crippen LogP contribution in [0.25, 0.3) is 0 Å². The first-order valence-corrected chi connectivity index (χ1v) is 8.40. The fourth-order valence-electron chi connectivity index (χ4n) is 2.25. The second-order valence-electron chi connectivity index (χ2n) is 5.37. The predicted molar refractivity (Wildman–Crippen MR) is 85.5 cm³/mol. The fraction of sp³-hybridized carbons (Fsp3) is 0.400. The molecule has 1 aromatic heterocycles. The summed E-state index contributed by atoms with van der Waals surface area (Å²) in [5, 5.41) is 11.6. The quantitative estimate of drug-likeness (QED) is 0.773. The molecular weight excluding hydrogens is 338 g/mol. The maximum absolute atomic E-state index is 12.1. The van der Waals surface area contributed by atoms with Gasteiger partial charge in [-0.2, -0.15) is 8.78 Å². The smallest absolute Gasteiger partial charge is 0.387 e. The van der Waals surface area contributed by atoms with Crippen LogP contribution < -0.4 is 10.1 Å². The Morgan fingerprint density at radius 1 is 1.38 bits per heavy atom. The average Bonchev–Trinajstić information content (AvgIpc) is 3.30. The summed E-state index contributed by atoms with van der Waals surface area (Å²) in [6.07, 6.45) is 2.23. The highest BCUT2D eigenvalue weighted by atomic mass is 32.2. The van der Waals surface area contributed by atoms with Crippen LogP contribution in [0.5, 0.6) is 5.75 Å². The molecule has 1 amide bonds. The number of hydrogen-bond donors (Lipinski definition) is 1. The third-order valence-corrected chi connectivity index (χ3v) is 4.39. The molecule has 1 N–H and O–H groups in total. The standard InChI is InChI=1S/C15H16F2N4O2S/c1-9-19-20-15(21(9)11-4-5-11)24-8-13(22)18-10-2-6-12(7-3-10)23-14(16)17/h2-3,6-7,11,14H,4-5,8H2,1H3,(H,18,22). The minimum absolute atomic E-state index is 0.0467. The van der Waals surface area contributed by atoms with Gasteiger partial charge in [-0.15, -0.1) is 10.2 Å². The summed E-state index contributed by atoms with van der Waals surface area (Å²) in [6.45, 7) is -0.965. The van der Waals surface area contributed by atoms with E-state index in [0.717, 1.165) is 23.8 Å². The van der Waals surface area contributed by atoms with Crippen LogP contribution in [-0.4, -0.2) is 33.0 Å². The number of anilines is 1. The van der Waals surface area contributed by atoms with Crippen molar-refractivity contribution in [1.29, 1.82) is 0 Å². The van der Waals surface area contributed by atoms with Crippen LogP contribution in [-0.2, 0) is 4.79 Å². The molecule has 24 heavy (non-hydrogen) atoms. The lowest BCUT2D eigenvalue weighted by Gasteiger charge is -2.08.